The van der Waals surface area contributed by atoms with Crippen LogP contribution in [0, 0.1) is 0 Å². The van der Waals surface area contributed by atoms with Crippen molar-refractivity contribution in [2.75, 3.05) is 0 Å². The Morgan fingerprint density at radius 2 is 1.89 bits per heavy atom. The van der Waals surface area contributed by atoms with Crippen molar-refractivity contribution >= 4 is 30.7 Å². The highest BCUT2D eigenvalue weighted by Crippen LogP contribution is 2.35. The molecule has 0 N–H and O–H groups in total. The van der Waals surface area contributed by atoms with Gasteiger partial charge in [-0.25, -0.2) is 8.42 Å². The van der Waals surface area contributed by atoms with Crippen LogP contribution < -0.4 is 0 Å². The molecule has 5 heteroatoms. The Labute approximate surface area is 120 Å². The van der Waals surface area contributed by atoms with Crippen molar-refractivity contribution in [1.82, 2.24) is 4.98 Å². The molecule has 0 saturated heterocycles. The fraction of sp³-hybridized carbons (Fsp3) is 0.0714. The van der Waals surface area contributed by atoms with E-state index in [2.05, 4.69) is 20.9 Å². The first-order valence-electron chi connectivity index (χ1n) is 5.74. The van der Waals surface area contributed by atoms with Gasteiger partial charge >= 0.3 is 0 Å². The van der Waals surface area contributed by atoms with E-state index in [1.165, 1.54) is 0 Å². The highest BCUT2D eigenvalue weighted by atomic mass is 79.9. The largest absolute Gasteiger partial charge is 0.259 e. The maximum absolute atomic E-state index is 12.6. The predicted molar refractivity (Wildman–Crippen MR) is 77.2 cm³/mol. The minimum Gasteiger partial charge on any atom is -0.259 e. The summed E-state index contributed by atoms with van der Waals surface area (Å²) in [4.78, 5) is 4.92. The Morgan fingerprint density at radius 3 is 2.63 bits per heavy atom. The molecule has 0 saturated carbocycles. The molecule has 3 nitrogen and oxygen atoms in total. The second-order valence-electron chi connectivity index (χ2n) is 4.24. The summed E-state index contributed by atoms with van der Waals surface area (Å²) in [5.41, 5.74) is 1.50. The van der Waals surface area contributed by atoms with Crippen molar-refractivity contribution in [3.63, 3.8) is 0 Å². The lowest BCUT2D eigenvalue weighted by Gasteiger charge is -2.07. The lowest BCUT2D eigenvalue weighted by molar-refractivity contribution is 0.606. The fourth-order valence-corrected chi connectivity index (χ4v) is 3.99. The summed E-state index contributed by atoms with van der Waals surface area (Å²) in [6.45, 7) is 0. The van der Waals surface area contributed by atoms with Crippen molar-refractivity contribution < 1.29 is 8.42 Å². The molecule has 1 aliphatic carbocycles. The van der Waals surface area contributed by atoms with Gasteiger partial charge < -0.3 is 0 Å². The average Bonchev–Trinajstić information content (AvgIpc) is 2.83. The van der Waals surface area contributed by atoms with Crippen LogP contribution in [0.25, 0.3) is 4.91 Å². The van der Waals surface area contributed by atoms with Crippen molar-refractivity contribution in [3.05, 3.63) is 64.4 Å². The van der Waals surface area contributed by atoms with Crippen LogP contribution in [-0.4, -0.2) is 13.4 Å². The van der Waals surface area contributed by atoms with E-state index < -0.39 is 9.84 Å². The second-order valence-corrected chi connectivity index (χ2v) is 7.07. The normalized spacial score (nSPS) is 14.1. The number of fused-ring (bicyclic) bond motifs is 1. The Balaban J connectivity index is 2.14. The topological polar surface area (TPSA) is 47.0 Å². The number of benzene rings is 1. The summed E-state index contributed by atoms with van der Waals surface area (Å²) < 4.78 is 26.0. The molecule has 19 heavy (non-hydrogen) atoms. The molecule has 0 unspecified atom stereocenters. The third-order valence-electron chi connectivity index (χ3n) is 3.03. The van der Waals surface area contributed by atoms with Crippen LogP contribution >= 0.6 is 15.9 Å². The molecule has 0 amide bonds. The number of sulfone groups is 1. The zero-order valence-corrected chi connectivity index (χ0v) is 12.3. The number of hydrogen-bond donors (Lipinski definition) is 0. The van der Waals surface area contributed by atoms with E-state index >= 15 is 0 Å². The highest BCUT2D eigenvalue weighted by Gasteiger charge is 2.28. The smallest absolute Gasteiger partial charge is 0.206 e. The van der Waals surface area contributed by atoms with Gasteiger partial charge in [0.15, 0.2) is 0 Å². The van der Waals surface area contributed by atoms with Gasteiger partial charge in [-0.1, -0.05) is 24.3 Å². The van der Waals surface area contributed by atoms with E-state index in [9.17, 15) is 8.42 Å². The number of aromatic nitrogens is 1. The van der Waals surface area contributed by atoms with Crippen molar-refractivity contribution in [1.29, 1.82) is 0 Å². The van der Waals surface area contributed by atoms with Gasteiger partial charge in [0.1, 0.15) is 0 Å². The average molecular weight is 336 g/mol. The quantitative estimate of drug-likeness (QED) is 0.846. The first kappa shape index (κ1) is 12.6. The summed E-state index contributed by atoms with van der Waals surface area (Å²) in [6.07, 6.45) is 3.97. The van der Waals surface area contributed by atoms with Crippen LogP contribution in [0.1, 0.15) is 11.3 Å². The number of pyridine rings is 1. The van der Waals surface area contributed by atoms with Gasteiger partial charge in [0, 0.05) is 22.7 Å². The first-order valence-corrected chi connectivity index (χ1v) is 8.02. The summed E-state index contributed by atoms with van der Waals surface area (Å²) in [5, 5.41) is 0. The van der Waals surface area contributed by atoms with Crippen molar-refractivity contribution in [3.8, 4) is 0 Å². The molecule has 0 aliphatic heterocycles. The van der Waals surface area contributed by atoms with Crippen LogP contribution in [0.2, 0.25) is 0 Å². The van der Waals surface area contributed by atoms with Gasteiger partial charge in [-0.15, -0.1) is 0 Å². The van der Waals surface area contributed by atoms with E-state index in [0.29, 0.717) is 21.8 Å². The van der Waals surface area contributed by atoms with Gasteiger partial charge in [0.2, 0.25) is 9.84 Å². The molecule has 1 aliphatic rings. The molecular weight excluding hydrogens is 326 g/mol. The lowest BCUT2D eigenvalue weighted by atomic mass is 10.2. The van der Waals surface area contributed by atoms with Gasteiger partial charge in [0.05, 0.1) is 15.5 Å². The summed E-state index contributed by atoms with van der Waals surface area (Å²) in [6, 6.07) is 10.3. The molecule has 0 atom stereocenters. The van der Waals surface area contributed by atoms with Crippen LogP contribution in [-0.2, 0) is 16.3 Å². The summed E-state index contributed by atoms with van der Waals surface area (Å²) in [5.74, 6) is 0. The number of hydrogen-bond acceptors (Lipinski definition) is 3. The molecular formula is C14H10BrNO2S. The van der Waals surface area contributed by atoms with Crippen molar-refractivity contribution in [2.45, 2.75) is 11.3 Å². The maximum Gasteiger partial charge on any atom is 0.206 e. The molecule has 1 heterocycles. The van der Waals surface area contributed by atoms with E-state index in [-0.39, 0.29) is 0 Å². The van der Waals surface area contributed by atoms with E-state index in [1.807, 2.05) is 6.07 Å². The summed E-state index contributed by atoms with van der Waals surface area (Å²) >= 11 is 3.33. The number of rotatable bonds is 2. The Bertz CT molecular complexity index is 767. The van der Waals surface area contributed by atoms with E-state index in [0.717, 1.165) is 10.2 Å². The third kappa shape index (κ3) is 2.13. The lowest BCUT2D eigenvalue weighted by Crippen LogP contribution is -2.03. The Hall–Kier alpha value is -1.46. The number of nitrogens with zero attached hydrogens (tertiary/aromatic N) is 1. The zero-order chi connectivity index (χ0) is 13.5. The molecule has 0 fully saturated rings. The van der Waals surface area contributed by atoms with E-state index in [1.54, 1.807) is 42.6 Å². The van der Waals surface area contributed by atoms with Crippen molar-refractivity contribution in [2.24, 2.45) is 0 Å². The number of halogens is 1. The third-order valence-corrected chi connectivity index (χ3v) is 5.32. The molecule has 3 rings (SSSR count). The first-order chi connectivity index (χ1) is 9.09. The molecule has 0 bridgehead atoms. The fourth-order valence-electron chi connectivity index (χ4n) is 2.12. The van der Waals surface area contributed by atoms with Crippen LogP contribution in [0.3, 0.4) is 0 Å². The van der Waals surface area contributed by atoms with Gasteiger partial charge in [-0.3, -0.25) is 4.98 Å². The zero-order valence-electron chi connectivity index (χ0n) is 9.88. The van der Waals surface area contributed by atoms with Crippen LogP contribution in [0.15, 0.2) is 58.0 Å². The van der Waals surface area contributed by atoms with Gasteiger partial charge in [-0.05, 0) is 34.1 Å². The Kier molecular flexibility index (Phi) is 3.03. The predicted octanol–water partition coefficient (Wildman–Crippen LogP) is 3.22. The second kappa shape index (κ2) is 4.58. The monoisotopic (exact) mass is 335 g/mol. The summed E-state index contributed by atoms with van der Waals surface area (Å²) in [7, 11) is -3.47. The SMILES string of the molecule is O=S(=O)(C1=CCc2ncc(Br)cc21)c1ccccc1. The standard InChI is InChI=1S/C14H10BrNO2S/c15-10-8-12-13(16-9-10)6-7-14(12)19(17,18)11-4-2-1-3-5-11/h1-5,7-9H,6H2. The Morgan fingerprint density at radius 1 is 1.16 bits per heavy atom. The maximum atomic E-state index is 12.6. The van der Waals surface area contributed by atoms with Crippen LogP contribution in [0.4, 0.5) is 0 Å². The highest BCUT2D eigenvalue weighted by molar-refractivity contribution is 9.10. The van der Waals surface area contributed by atoms with Crippen LogP contribution in [0.5, 0.6) is 0 Å². The number of allylic oxidation sites excluding steroid dienone is 1. The molecule has 0 radical (unpaired) electrons. The van der Waals surface area contributed by atoms with Gasteiger partial charge in [-0.2, -0.15) is 0 Å². The molecule has 2 aromatic rings. The molecule has 1 aromatic heterocycles. The van der Waals surface area contributed by atoms with Gasteiger partial charge in [0.25, 0.3) is 0 Å². The van der Waals surface area contributed by atoms with E-state index in [4.69, 9.17) is 0 Å². The molecule has 96 valence electrons. The minimum absolute atomic E-state index is 0.314. The molecule has 1 aromatic carbocycles. The minimum atomic E-state index is -3.47. The molecule has 0 spiro atoms.